The van der Waals surface area contributed by atoms with E-state index in [4.69, 9.17) is 13.8 Å². The standard InChI is InChI=1S/C22H25N2O6P/c1-4-28-21(26)24-20(31(27,29-5-2)30-6-3)22(24)17-14-10-11-15-18(17)23(19(22)25)16-12-8-7-9-13-16/h7-15,20H,4-6H2,1-3H3. The summed E-state index contributed by atoms with van der Waals surface area (Å²) in [7, 11) is -3.86. The Morgan fingerprint density at radius 2 is 1.58 bits per heavy atom. The number of benzene rings is 2. The summed E-state index contributed by atoms with van der Waals surface area (Å²) in [5.41, 5.74) is 0.323. The number of hydrogen-bond acceptors (Lipinski definition) is 6. The van der Waals surface area contributed by atoms with Gasteiger partial charge >= 0.3 is 13.7 Å². The number of anilines is 2. The third-order valence-electron chi connectivity index (χ3n) is 5.41. The minimum absolute atomic E-state index is 0.110. The summed E-state index contributed by atoms with van der Waals surface area (Å²) < 4.78 is 30.1. The van der Waals surface area contributed by atoms with Crippen molar-refractivity contribution in [3.05, 3.63) is 60.2 Å². The van der Waals surface area contributed by atoms with Crippen LogP contribution >= 0.6 is 7.60 Å². The molecule has 0 N–H and O–H groups in total. The fourth-order valence-corrected chi connectivity index (χ4v) is 6.73. The summed E-state index contributed by atoms with van der Waals surface area (Å²) in [5.74, 6) is -1.50. The molecule has 2 heterocycles. The first-order valence-electron chi connectivity index (χ1n) is 10.3. The largest absolute Gasteiger partial charge is 0.450 e. The van der Waals surface area contributed by atoms with Crippen LogP contribution < -0.4 is 4.90 Å². The second-order valence-corrected chi connectivity index (χ2v) is 9.16. The summed E-state index contributed by atoms with van der Waals surface area (Å²) >= 11 is 0. The van der Waals surface area contributed by atoms with Gasteiger partial charge < -0.3 is 13.8 Å². The predicted octanol–water partition coefficient (Wildman–Crippen LogP) is 4.62. The molecule has 2 unspecified atom stereocenters. The minimum Gasteiger partial charge on any atom is -0.450 e. The topological polar surface area (TPSA) is 85.1 Å². The van der Waals surface area contributed by atoms with E-state index in [1.807, 2.05) is 36.4 Å². The van der Waals surface area contributed by atoms with Crippen LogP contribution in [0, 0.1) is 0 Å². The highest BCUT2D eigenvalue weighted by Gasteiger charge is 2.83. The molecule has 2 aliphatic heterocycles. The molecule has 8 nitrogen and oxygen atoms in total. The number of para-hydroxylation sites is 2. The number of fused-ring (bicyclic) bond motifs is 2. The van der Waals surface area contributed by atoms with Crippen molar-refractivity contribution in [1.82, 2.24) is 4.90 Å². The molecule has 2 aliphatic rings. The summed E-state index contributed by atoms with van der Waals surface area (Å²) in [6.45, 7) is 5.39. The number of hydrogen-bond donors (Lipinski definition) is 0. The Bertz CT molecular complexity index is 1040. The number of carbonyl (C=O) groups excluding carboxylic acids is 2. The zero-order valence-corrected chi connectivity index (χ0v) is 18.6. The maximum Gasteiger partial charge on any atom is 0.411 e. The van der Waals surface area contributed by atoms with Crippen molar-refractivity contribution in [2.24, 2.45) is 0 Å². The lowest BCUT2D eigenvalue weighted by molar-refractivity contribution is -0.120. The molecule has 31 heavy (non-hydrogen) atoms. The Balaban J connectivity index is 1.91. The molecule has 1 fully saturated rings. The lowest BCUT2D eigenvalue weighted by Gasteiger charge is -2.18. The molecular weight excluding hydrogens is 419 g/mol. The molecule has 0 bridgehead atoms. The Morgan fingerprint density at radius 1 is 0.968 bits per heavy atom. The van der Waals surface area contributed by atoms with E-state index in [9.17, 15) is 14.2 Å². The van der Waals surface area contributed by atoms with Crippen molar-refractivity contribution in [3.63, 3.8) is 0 Å². The second kappa shape index (κ2) is 8.11. The van der Waals surface area contributed by atoms with Gasteiger partial charge in [0.1, 0.15) is 0 Å². The first-order chi connectivity index (χ1) is 15.0. The molecule has 0 aliphatic carbocycles. The lowest BCUT2D eigenvalue weighted by Crippen LogP contribution is -2.34. The quantitative estimate of drug-likeness (QED) is 0.458. The van der Waals surface area contributed by atoms with Crippen molar-refractivity contribution in [2.45, 2.75) is 32.1 Å². The van der Waals surface area contributed by atoms with Crippen LogP contribution in [-0.4, -0.2) is 42.5 Å². The third kappa shape index (κ3) is 3.09. The van der Waals surface area contributed by atoms with Gasteiger partial charge in [-0.15, -0.1) is 0 Å². The lowest BCUT2D eigenvalue weighted by atomic mass is 10.0. The van der Waals surface area contributed by atoms with E-state index in [1.165, 1.54) is 4.90 Å². The molecule has 4 rings (SSSR count). The van der Waals surface area contributed by atoms with Crippen LogP contribution in [0.2, 0.25) is 0 Å². The van der Waals surface area contributed by atoms with Crippen LogP contribution in [0.1, 0.15) is 26.3 Å². The normalized spacial score (nSPS) is 22.0. The van der Waals surface area contributed by atoms with Gasteiger partial charge in [0, 0.05) is 11.3 Å². The van der Waals surface area contributed by atoms with Crippen molar-refractivity contribution < 1.29 is 27.9 Å². The SMILES string of the molecule is CCOC(=O)N1C(P(=O)(OCC)OCC)C12C(=O)N(c1ccccc1)c1ccccc12. The van der Waals surface area contributed by atoms with Crippen LogP contribution in [0.5, 0.6) is 0 Å². The van der Waals surface area contributed by atoms with Gasteiger partial charge in [-0.05, 0) is 39.0 Å². The van der Waals surface area contributed by atoms with Gasteiger partial charge in [0.05, 0.1) is 25.5 Å². The van der Waals surface area contributed by atoms with Crippen molar-refractivity contribution in [1.29, 1.82) is 0 Å². The monoisotopic (exact) mass is 444 g/mol. The first-order valence-corrected chi connectivity index (χ1v) is 11.9. The molecule has 0 saturated carbocycles. The molecule has 9 heteroatoms. The molecule has 2 atom stereocenters. The first kappa shape index (κ1) is 21.6. The van der Waals surface area contributed by atoms with Gasteiger partial charge in [0.15, 0.2) is 11.3 Å². The highest BCUT2D eigenvalue weighted by molar-refractivity contribution is 7.55. The van der Waals surface area contributed by atoms with Gasteiger partial charge in [-0.2, -0.15) is 0 Å². The Kier molecular flexibility index (Phi) is 5.64. The van der Waals surface area contributed by atoms with Crippen LogP contribution in [0.25, 0.3) is 0 Å². The number of rotatable bonds is 7. The van der Waals surface area contributed by atoms with E-state index < -0.39 is 30.9 Å². The summed E-state index contributed by atoms with van der Waals surface area (Å²) in [4.78, 5) is 29.7. The van der Waals surface area contributed by atoms with E-state index in [1.54, 1.807) is 43.9 Å². The molecular formula is C22H25N2O6P. The molecule has 0 aromatic heterocycles. The summed E-state index contributed by atoms with van der Waals surface area (Å²) in [5, 5.41) is 0. The Labute approximate surface area is 181 Å². The third-order valence-corrected chi connectivity index (χ3v) is 7.85. The van der Waals surface area contributed by atoms with E-state index in [-0.39, 0.29) is 19.8 Å². The molecule has 2 amide bonds. The highest BCUT2D eigenvalue weighted by atomic mass is 31.2. The van der Waals surface area contributed by atoms with Gasteiger partial charge in [-0.3, -0.25) is 19.2 Å². The Hall–Kier alpha value is -2.67. The van der Waals surface area contributed by atoms with Crippen LogP contribution in [-0.2, 0) is 28.7 Å². The number of carbonyl (C=O) groups is 2. The van der Waals surface area contributed by atoms with Crippen LogP contribution in [0.3, 0.4) is 0 Å². The average molecular weight is 444 g/mol. The number of ether oxygens (including phenoxy) is 1. The smallest absolute Gasteiger partial charge is 0.411 e. The Morgan fingerprint density at radius 3 is 2.19 bits per heavy atom. The maximum absolute atomic E-state index is 14.0. The van der Waals surface area contributed by atoms with Gasteiger partial charge in [0.25, 0.3) is 5.91 Å². The van der Waals surface area contributed by atoms with Crippen molar-refractivity contribution >= 4 is 31.0 Å². The average Bonchev–Trinajstić information content (AvgIpc) is 3.41. The van der Waals surface area contributed by atoms with Gasteiger partial charge in [0.2, 0.25) is 0 Å². The molecule has 2 aromatic rings. The van der Waals surface area contributed by atoms with E-state index >= 15 is 0 Å². The molecule has 2 aromatic carbocycles. The van der Waals surface area contributed by atoms with Gasteiger partial charge in [-0.25, -0.2) is 4.79 Å². The molecule has 1 saturated heterocycles. The summed E-state index contributed by atoms with van der Waals surface area (Å²) in [6.07, 6.45) is -0.731. The van der Waals surface area contributed by atoms with Crippen molar-refractivity contribution in [3.8, 4) is 0 Å². The van der Waals surface area contributed by atoms with Crippen molar-refractivity contribution in [2.75, 3.05) is 24.7 Å². The van der Waals surface area contributed by atoms with E-state index in [2.05, 4.69) is 0 Å². The fourth-order valence-electron chi connectivity index (χ4n) is 4.33. The zero-order valence-electron chi connectivity index (χ0n) is 17.7. The molecule has 1 spiro atoms. The van der Waals surface area contributed by atoms with Crippen LogP contribution in [0.4, 0.5) is 16.2 Å². The highest BCUT2D eigenvalue weighted by Crippen LogP contribution is 2.74. The zero-order chi connectivity index (χ0) is 22.2. The maximum atomic E-state index is 14.0. The molecule has 164 valence electrons. The predicted molar refractivity (Wildman–Crippen MR) is 115 cm³/mol. The minimum atomic E-state index is -3.86. The fraction of sp³-hybridized carbons (Fsp3) is 0.364. The molecule has 0 radical (unpaired) electrons. The van der Waals surface area contributed by atoms with Gasteiger partial charge in [-0.1, -0.05) is 36.4 Å². The summed E-state index contributed by atoms with van der Waals surface area (Å²) in [6, 6.07) is 16.3. The van der Waals surface area contributed by atoms with E-state index in [0.717, 1.165) is 0 Å². The number of amides is 2. The number of nitrogens with zero attached hydrogens (tertiary/aromatic N) is 2. The van der Waals surface area contributed by atoms with E-state index in [0.29, 0.717) is 16.9 Å². The second-order valence-electron chi connectivity index (χ2n) is 7.08. The van der Waals surface area contributed by atoms with Crippen LogP contribution in [0.15, 0.2) is 54.6 Å².